The molecule has 1 aliphatic rings. The molecule has 1 atom stereocenters. The summed E-state index contributed by atoms with van der Waals surface area (Å²) in [6.07, 6.45) is 2.17. The summed E-state index contributed by atoms with van der Waals surface area (Å²) >= 11 is 0. The van der Waals surface area contributed by atoms with Gasteiger partial charge >= 0.3 is 0 Å². The molecule has 166 valence electrons. The molecule has 1 aromatic heterocycles. The van der Waals surface area contributed by atoms with Crippen LogP contribution in [-0.2, 0) is 4.74 Å². The van der Waals surface area contributed by atoms with Crippen LogP contribution in [0.4, 0.5) is 21.6 Å². The van der Waals surface area contributed by atoms with Crippen molar-refractivity contribution in [3.05, 3.63) is 66.0 Å². The number of hydrazine groups is 1. The number of benzene rings is 2. The number of pyridine rings is 1. The minimum absolute atomic E-state index is 0.109. The number of nitrogen functional groups attached to an aromatic ring is 2. The number of carbonyl (C=O) groups is 1. The Balaban J connectivity index is 1.44. The van der Waals surface area contributed by atoms with Gasteiger partial charge in [-0.15, -0.1) is 0 Å². The van der Waals surface area contributed by atoms with E-state index in [4.69, 9.17) is 21.1 Å². The predicted octanol–water partition coefficient (Wildman–Crippen LogP) is 3.57. The zero-order chi connectivity index (χ0) is 22.5. The van der Waals surface area contributed by atoms with Crippen LogP contribution in [0.5, 0.6) is 5.75 Å². The minimum atomic E-state index is -0.643. The lowest BCUT2D eigenvalue weighted by atomic mass is 10.1. The van der Waals surface area contributed by atoms with Crippen LogP contribution in [0.2, 0.25) is 0 Å². The number of halogens is 1. The van der Waals surface area contributed by atoms with Gasteiger partial charge in [0.2, 0.25) is 0 Å². The Morgan fingerprint density at radius 1 is 1.19 bits per heavy atom. The zero-order valence-corrected chi connectivity index (χ0v) is 17.3. The SMILES string of the molecule is NNc1ccc(-c2ccc(F)c(C(=O)Nc3ccc(OCC4CCCO4)cc3)c2)nc1N. The zero-order valence-electron chi connectivity index (χ0n) is 17.3. The van der Waals surface area contributed by atoms with Crippen LogP contribution in [0.3, 0.4) is 0 Å². The third-order valence-corrected chi connectivity index (χ3v) is 5.16. The van der Waals surface area contributed by atoms with Gasteiger partial charge in [-0.2, -0.15) is 0 Å². The number of amides is 1. The number of nitrogens with zero attached hydrogens (tertiary/aromatic N) is 1. The Bertz CT molecular complexity index is 1100. The van der Waals surface area contributed by atoms with E-state index in [0.717, 1.165) is 19.4 Å². The molecule has 1 unspecified atom stereocenters. The summed E-state index contributed by atoms with van der Waals surface area (Å²) in [5, 5.41) is 2.70. The van der Waals surface area contributed by atoms with E-state index in [2.05, 4.69) is 15.7 Å². The van der Waals surface area contributed by atoms with E-state index in [0.29, 0.717) is 35.0 Å². The number of carbonyl (C=O) groups excluding carboxylic acids is 1. The van der Waals surface area contributed by atoms with E-state index >= 15 is 0 Å². The second-order valence-corrected chi connectivity index (χ2v) is 7.39. The van der Waals surface area contributed by atoms with Crippen molar-refractivity contribution in [1.82, 2.24) is 4.98 Å². The number of aromatic nitrogens is 1. The standard InChI is InChI=1S/C23H24FN5O3/c24-19-8-3-14(20-9-10-21(29-26)22(25)28-20)12-18(19)23(30)27-15-4-6-16(7-5-15)32-13-17-2-1-11-31-17/h3-10,12,17,29H,1-2,11,13,26H2,(H2,25,28)(H,27,30). The number of nitrogens with two attached hydrogens (primary N) is 2. The average molecular weight is 437 g/mol. The Labute approximate surface area is 184 Å². The van der Waals surface area contributed by atoms with E-state index in [1.807, 2.05) is 0 Å². The fraction of sp³-hybridized carbons (Fsp3) is 0.217. The van der Waals surface area contributed by atoms with Crippen LogP contribution < -0.4 is 27.1 Å². The maximum atomic E-state index is 14.4. The summed E-state index contributed by atoms with van der Waals surface area (Å²) in [7, 11) is 0. The first-order valence-electron chi connectivity index (χ1n) is 10.2. The van der Waals surface area contributed by atoms with Gasteiger partial charge in [0.25, 0.3) is 5.91 Å². The van der Waals surface area contributed by atoms with Crippen molar-refractivity contribution >= 4 is 23.1 Å². The fourth-order valence-corrected chi connectivity index (χ4v) is 3.41. The average Bonchev–Trinajstić information content (AvgIpc) is 3.32. The van der Waals surface area contributed by atoms with Gasteiger partial charge in [0.15, 0.2) is 0 Å². The van der Waals surface area contributed by atoms with Crippen LogP contribution in [0.25, 0.3) is 11.3 Å². The molecule has 1 saturated heterocycles. The van der Waals surface area contributed by atoms with Crippen molar-refractivity contribution < 1.29 is 18.7 Å². The maximum absolute atomic E-state index is 14.4. The summed E-state index contributed by atoms with van der Waals surface area (Å²) < 4.78 is 25.6. The van der Waals surface area contributed by atoms with Crippen molar-refractivity contribution in [2.75, 3.05) is 29.7 Å². The molecule has 0 saturated carbocycles. The van der Waals surface area contributed by atoms with E-state index < -0.39 is 11.7 Å². The van der Waals surface area contributed by atoms with E-state index in [9.17, 15) is 9.18 Å². The van der Waals surface area contributed by atoms with Crippen molar-refractivity contribution in [2.24, 2.45) is 5.84 Å². The van der Waals surface area contributed by atoms with E-state index in [-0.39, 0.29) is 17.5 Å². The van der Waals surface area contributed by atoms with E-state index in [1.54, 1.807) is 36.4 Å². The predicted molar refractivity (Wildman–Crippen MR) is 121 cm³/mol. The minimum Gasteiger partial charge on any atom is -0.491 e. The molecule has 6 N–H and O–H groups in total. The number of hydrogen-bond donors (Lipinski definition) is 4. The highest BCUT2D eigenvalue weighted by molar-refractivity contribution is 6.05. The lowest BCUT2D eigenvalue weighted by Crippen LogP contribution is -2.16. The van der Waals surface area contributed by atoms with Gasteiger partial charge in [-0.25, -0.2) is 9.37 Å². The van der Waals surface area contributed by atoms with Gasteiger partial charge in [0.05, 0.1) is 23.0 Å². The second kappa shape index (κ2) is 9.63. The highest BCUT2D eigenvalue weighted by atomic mass is 19.1. The Kier molecular flexibility index (Phi) is 6.48. The number of hydrogen-bond acceptors (Lipinski definition) is 7. The van der Waals surface area contributed by atoms with Crippen LogP contribution in [-0.4, -0.2) is 30.2 Å². The smallest absolute Gasteiger partial charge is 0.258 e. The topological polar surface area (TPSA) is 125 Å². The fourth-order valence-electron chi connectivity index (χ4n) is 3.41. The highest BCUT2D eigenvalue weighted by Gasteiger charge is 2.17. The molecule has 4 rings (SSSR count). The van der Waals surface area contributed by atoms with Gasteiger partial charge < -0.3 is 25.9 Å². The second-order valence-electron chi connectivity index (χ2n) is 7.39. The van der Waals surface area contributed by atoms with Crippen LogP contribution in [0.15, 0.2) is 54.6 Å². The molecule has 0 aliphatic carbocycles. The maximum Gasteiger partial charge on any atom is 0.258 e. The Morgan fingerprint density at radius 3 is 2.69 bits per heavy atom. The lowest BCUT2D eigenvalue weighted by Gasteiger charge is -2.12. The van der Waals surface area contributed by atoms with Gasteiger partial charge in [-0.3, -0.25) is 10.6 Å². The number of rotatable bonds is 7. The molecule has 9 heteroatoms. The summed E-state index contributed by atoms with van der Waals surface area (Å²) in [5.41, 5.74) is 10.2. The summed E-state index contributed by atoms with van der Waals surface area (Å²) in [6, 6.07) is 14.4. The molecule has 2 heterocycles. The normalized spacial score (nSPS) is 15.4. The molecule has 0 bridgehead atoms. The van der Waals surface area contributed by atoms with Crippen LogP contribution in [0, 0.1) is 5.82 Å². The first kappa shape index (κ1) is 21.5. The van der Waals surface area contributed by atoms with Crippen molar-refractivity contribution in [3.8, 4) is 17.0 Å². The number of nitrogens with one attached hydrogen (secondary N) is 2. The highest BCUT2D eigenvalue weighted by Crippen LogP contribution is 2.25. The molecular formula is C23H24FN5O3. The molecule has 0 radical (unpaired) electrons. The van der Waals surface area contributed by atoms with E-state index in [1.165, 1.54) is 18.2 Å². The Morgan fingerprint density at radius 2 is 2.00 bits per heavy atom. The van der Waals surface area contributed by atoms with Crippen molar-refractivity contribution in [2.45, 2.75) is 18.9 Å². The molecular weight excluding hydrogens is 413 g/mol. The summed E-state index contributed by atoms with van der Waals surface area (Å²) in [4.78, 5) is 16.9. The quantitative estimate of drug-likeness (QED) is 0.329. The molecule has 2 aromatic carbocycles. The summed E-state index contributed by atoms with van der Waals surface area (Å²) in [5.74, 6) is 5.01. The summed E-state index contributed by atoms with van der Waals surface area (Å²) in [6.45, 7) is 1.26. The molecule has 8 nitrogen and oxygen atoms in total. The molecule has 1 aliphatic heterocycles. The van der Waals surface area contributed by atoms with Crippen molar-refractivity contribution in [3.63, 3.8) is 0 Å². The lowest BCUT2D eigenvalue weighted by molar-refractivity contribution is 0.0679. The van der Waals surface area contributed by atoms with Crippen molar-refractivity contribution in [1.29, 1.82) is 0 Å². The molecule has 1 fully saturated rings. The van der Waals surface area contributed by atoms with Gasteiger partial charge in [0, 0.05) is 17.9 Å². The first-order valence-corrected chi connectivity index (χ1v) is 10.2. The molecule has 3 aromatic rings. The number of anilines is 3. The third-order valence-electron chi connectivity index (χ3n) is 5.16. The van der Waals surface area contributed by atoms with Crippen LogP contribution in [0.1, 0.15) is 23.2 Å². The van der Waals surface area contributed by atoms with Crippen LogP contribution >= 0.6 is 0 Å². The Hall–Kier alpha value is -3.69. The van der Waals surface area contributed by atoms with Gasteiger partial charge in [-0.05, 0) is 67.4 Å². The first-order chi connectivity index (χ1) is 15.5. The molecule has 0 spiro atoms. The molecule has 32 heavy (non-hydrogen) atoms. The van der Waals surface area contributed by atoms with Gasteiger partial charge in [0.1, 0.15) is 24.0 Å². The molecule has 1 amide bonds. The largest absolute Gasteiger partial charge is 0.491 e. The third kappa shape index (κ3) is 4.96. The monoisotopic (exact) mass is 437 g/mol. The number of ether oxygens (including phenoxy) is 2. The van der Waals surface area contributed by atoms with Gasteiger partial charge in [-0.1, -0.05) is 0 Å².